The Morgan fingerprint density at radius 1 is 0.889 bits per heavy atom. The molecule has 6 heteroatoms. The summed E-state index contributed by atoms with van der Waals surface area (Å²) in [4.78, 5) is 29.8. The van der Waals surface area contributed by atoms with E-state index in [2.05, 4.69) is 51.4 Å². The molecule has 2 amide bonds. The minimum absolute atomic E-state index is 0.227. The molecule has 2 aromatic heterocycles. The number of para-hydroxylation sites is 1. The summed E-state index contributed by atoms with van der Waals surface area (Å²) in [6.07, 6.45) is 6.11. The molecule has 7 rings (SSSR count). The standard InChI is InChI=1S/C30H25N3O3/c1-36-20-10-7-17(8-11-20)19-9-12-25-22(14-19)23(15-31-25)26-27(30(35)32-29(26)34)24-16-33-13-3-5-18-4-2-6-21(24)28(18)33/h2,4,6-12,14-16,26-27,31H,3,5,13H2,1H3,(H,32,34,35)/t26-,27-/m1/s1. The third-order valence-corrected chi connectivity index (χ3v) is 7.81. The fraction of sp³-hybridized carbons (Fsp3) is 0.200. The maximum atomic E-state index is 13.3. The van der Waals surface area contributed by atoms with E-state index >= 15 is 0 Å². The zero-order chi connectivity index (χ0) is 24.4. The molecule has 2 aliphatic rings. The van der Waals surface area contributed by atoms with Crippen molar-refractivity contribution < 1.29 is 14.3 Å². The van der Waals surface area contributed by atoms with Gasteiger partial charge in [0.15, 0.2) is 0 Å². The van der Waals surface area contributed by atoms with Crippen LogP contribution in [0.3, 0.4) is 0 Å². The first kappa shape index (κ1) is 21.0. The van der Waals surface area contributed by atoms with Crippen LogP contribution in [-0.4, -0.2) is 28.5 Å². The highest BCUT2D eigenvalue weighted by atomic mass is 16.5. The summed E-state index contributed by atoms with van der Waals surface area (Å²) in [6, 6.07) is 20.4. The van der Waals surface area contributed by atoms with Gasteiger partial charge in [-0.3, -0.25) is 14.9 Å². The van der Waals surface area contributed by atoms with Crippen LogP contribution in [0.5, 0.6) is 5.75 Å². The molecule has 36 heavy (non-hydrogen) atoms. The molecule has 0 unspecified atom stereocenters. The van der Waals surface area contributed by atoms with Gasteiger partial charge in [-0.2, -0.15) is 0 Å². The SMILES string of the molecule is COc1ccc(-c2ccc3[nH]cc([C@H]4C(=O)NC(=O)[C@@H]4c4cn5c6c(cccc46)CCC5)c3c2)cc1. The summed E-state index contributed by atoms with van der Waals surface area (Å²) in [7, 11) is 1.65. The van der Waals surface area contributed by atoms with Crippen molar-refractivity contribution in [2.75, 3.05) is 7.11 Å². The van der Waals surface area contributed by atoms with Crippen molar-refractivity contribution in [3.05, 3.63) is 89.7 Å². The van der Waals surface area contributed by atoms with Gasteiger partial charge in [0.1, 0.15) is 5.75 Å². The Hall–Kier alpha value is -4.32. The van der Waals surface area contributed by atoms with E-state index in [0.717, 1.165) is 63.7 Å². The van der Waals surface area contributed by atoms with Crippen LogP contribution in [0.2, 0.25) is 0 Å². The number of rotatable bonds is 4. The van der Waals surface area contributed by atoms with E-state index < -0.39 is 11.8 Å². The summed E-state index contributed by atoms with van der Waals surface area (Å²) in [5.41, 5.74) is 7.33. The fourth-order valence-corrected chi connectivity index (χ4v) is 6.12. The first-order chi connectivity index (χ1) is 17.6. The lowest BCUT2D eigenvalue weighted by Gasteiger charge is -2.15. The summed E-state index contributed by atoms with van der Waals surface area (Å²) >= 11 is 0. The van der Waals surface area contributed by atoms with Gasteiger partial charge in [-0.15, -0.1) is 0 Å². The van der Waals surface area contributed by atoms with Crippen LogP contribution in [0.15, 0.2) is 73.1 Å². The monoisotopic (exact) mass is 475 g/mol. The van der Waals surface area contributed by atoms with Gasteiger partial charge in [0.25, 0.3) is 0 Å². The van der Waals surface area contributed by atoms with Crippen LogP contribution >= 0.6 is 0 Å². The molecule has 1 fully saturated rings. The Labute approximate surface area is 207 Å². The number of H-pyrrole nitrogens is 1. The first-order valence-corrected chi connectivity index (χ1v) is 12.3. The second-order valence-electron chi connectivity index (χ2n) is 9.74. The van der Waals surface area contributed by atoms with E-state index in [0.29, 0.717) is 0 Å². The second-order valence-corrected chi connectivity index (χ2v) is 9.74. The zero-order valence-electron chi connectivity index (χ0n) is 19.9. The van der Waals surface area contributed by atoms with Gasteiger partial charge in [0.2, 0.25) is 11.8 Å². The van der Waals surface area contributed by atoms with E-state index in [1.165, 1.54) is 11.1 Å². The Morgan fingerprint density at radius 2 is 1.67 bits per heavy atom. The summed E-state index contributed by atoms with van der Waals surface area (Å²) in [6.45, 7) is 0.929. The number of imide groups is 1. The highest BCUT2D eigenvalue weighted by Gasteiger charge is 2.45. The molecule has 3 aromatic carbocycles. The number of amides is 2. The predicted octanol–water partition coefficient (Wildman–Crippen LogP) is 5.27. The number of carbonyl (C=O) groups excluding carboxylic acids is 2. The Bertz CT molecular complexity index is 1680. The molecule has 4 heterocycles. The van der Waals surface area contributed by atoms with Crippen LogP contribution in [0.25, 0.3) is 32.9 Å². The van der Waals surface area contributed by atoms with E-state index in [9.17, 15) is 9.59 Å². The van der Waals surface area contributed by atoms with Gasteiger partial charge in [0, 0.05) is 35.2 Å². The number of ether oxygens (including phenoxy) is 1. The lowest BCUT2D eigenvalue weighted by atomic mass is 9.82. The third-order valence-electron chi connectivity index (χ3n) is 7.81. The molecule has 0 bridgehead atoms. The van der Waals surface area contributed by atoms with Crippen molar-refractivity contribution >= 4 is 33.6 Å². The third kappa shape index (κ3) is 3.04. The highest BCUT2D eigenvalue weighted by molar-refractivity contribution is 6.13. The Balaban J connectivity index is 1.37. The van der Waals surface area contributed by atoms with Gasteiger partial charge >= 0.3 is 0 Å². The van der Waals surface area contributed by atoms with Gasteiger partial charge in [0.05, 0.1) is 24.5 Å². The molecular weight excluding hydrogens is 450 g/mol. The average molecular weight is 476 g/mol. The molecule has 0 spiro atoms. The topological polar surface area (TPSA) is 76.1 Å². The molecule has 0 saturated carbocycles. The fourth-order valence-electron chi connectivity index (χ4n) is 6.12. The number of hydrogen-bond acceptors (Lipinski definition) is 3. The zero-order valence-corrected chi connectivity index (χ0v) is 19.9. The molecule has 178 valence electrons. The number of aromatic nitrogens is 2. The number of benzene rings is 3. The molecular formula is C30H25N3O3. The van der Waals surface area contributed by atoms with Crippen LogP contribution < -0.4 is 10.1 Å². The van der Waals surface area contributed by atoms with E-state index in [4.69, 9.17) is 4.74 Å². The van der Waals surface area contributed by atoms with Crippen molar-refractivity contribution in [2.24, 2.45) is 0 Å². The number of hydrogen-bond donors (Lipinski definition) is 2. The maximum absolute atomic E-state index is 13.3. The van der Waals surface area contributed by atoms with Crippen molar-refractivity contribution in [3.63, 3.8) is 0 Å². The predicted molar refractivity (Wildman–Crippen MR) is 139 cm³/mol. The minimum Gasteiger partial charge on any atom is -0.497 e. The van der Waals surface area contributed by atoms with Crippen molar-refractivity contribution in [1.82, 2.24) is 14.9 Å². The van der Waals surface area contributed by atoms with Gasteiger partial charge in [-0.1, -0.05) is 36.4 Å². The second kappa shape index (κ2) is 7.85. The van der Waals surface area contributed by atoms with Crippen molar-refractivity contribution in [1.29, 1.82) is 0 Å². The van der Waals surface area contributed by atoms with Crippen molar-refractivity contribution in [3.8, 4) is 16.9 Å². The van der Waals surface area contributed by atoms with Gasteiger partial charge < -0.3 is 14.3 Å². The van der Waals surface area contributed by atoms with Gasteiger partial charge in [-0.05, 0) is 64.9 Å². The lowest BCUT2D eigenvalue weighted by molar-refractivity contribution is -0.125. The number of aryl methyl sites for hydroxylation is 2. The number of aromatic amines is 1. The minimum atomic E-state index is -0.596. The highest BCUT2D eigenvalue weighted by Crippen LogP contribution is 2.44. The smallest absolute Gasteiger partial charge is 0.235 e. The Kier molecular flexibility index (Phi) is 4.58. The average Bonchev–Trinajstić information content (AvgIpc) is 3.57. The van der Waals surface area contributed by atoms with E-state index in [1.807, 2.05) is 36.5 Å². The van der Waals surface area contributed by atoms with E-state index in [1.54, 1.807) is 7.11 Å². The molecule has 0 radical (unpaired) electrons. The molecule has 6 nitrogen and oxygen atoms in total. The first-order valence-electron chi connectivity index (χ1n) is 12.3. The Morgan fingerprint density at radius 3 is 2.47 bits per heavy atom. The molecule has 2 aliphatic heterocycles. The number of carbonyl (C=O) groups is 2. The van der Waals surface area contributed by atoms with Gasteiger partial charge in [-0.25, -0.2) is 0 Å². The number of fused-ring (bicyclic) bond motifs is 1. The van der Waals surface area contributed by atoms with Crippen LogP contribution in [0.4, 0.5) is 0 Å². The normalized spacial score (nSPS) is 19.2. The van der Waals surface area contributed by atoms with Crippen LogP contribution in [-0.2, 0) is 22.6 Å². The number of nitrogens with zero attached hydrogens (tertiary/aromatic N) is 1. The van der Waals surface area contributed by atoms with Crippen molar-refractivity contribution in [2.45, 2.75) is 31.2 Å². The molecule has 1 saturated heterocycles. The maximum Gasteiger partial charge on any atom is 0.235 e. The summed E-state index contributed by atoms with van der Waals surface area (Å²) in [5.74, 6) is -0.835. The van der Waals surface area contributed by atoms with Crippen LogP contribution in [0.1, 0.15) is 34.9 Å². The molecule has 0 aliphatic carbocycles. The number of methoxy groups -OCH3 is 1. The largest absolute Gasteiger partial charge is 0.497 e. The number of nitrogens with one attached hydrogen (secondary N) is 2. The van der Waals surface area contributed by atoms with Crippen LogP contribution in [0, 0.1) is 0 Å². The van der Waals surface area contributed by atoms with E-state index in [-0.39, 0.29) is 11.8 Å². The quantitative estimate of drug-likeness (QED) is 0.348. The molecule has 2 atom stereocenters. The molecule has 2 N–H and O–H groups in total. The molecule has 5 aromatic rings. The summed E-state index contributed by atoms with van der Waals surface area (Å²) < 4.78 is 7.55. The lowest BCUT2D eigenvalue weighted by Crippen LogP contribution is -2.21. The summed E-state index contributed by atoms with van der Waals surface area (Å²) in [5, 5.41) is 4.66.